The van der Waals surface area contributed by atoms with Crippen LogP contribution in [0.4, 0.5) is 0 Å². The predicted octanol–water partition coefficient (Wildman–Crippen LogP) is 13.5. The lowest BCUT2D eigenvalue weighted by Gasteiger charge is -2.08. The van der Waals surface area contributed by atoms with Crippen LogP contribution in [0.25, 0.3) is 96.2 Å². The minimum Gasteiger partial charge on any atom is -0.235 e. The maximum atomic E-state index is 4.75. The van der Waals surface area contributed by atoms with Crippen LogP contribution in [0, 0.1) is 0 Å². The second-order valence-electron chi connectivity index (χ2n) is 12.6. The molecule has 7 aromatic carbocycles. The fraction of sp³-hybridized carbons (Fsp3) is 0. The Labute approximate surface area is 297 Å². The van der Waals surface area contributed by atoms with Crippen LogP contribution in [0.3, 0.4) is 0 Å². The van der Waals surface area contributed by atoms with Crippen LogP contribution in [0.1, 0.15) is 0 Å². The van der Waals surface area contributed by atoms with Gasteiger partial charge in [-0.3, -0.25) is 0 Å². The summed E-state index contributed by atoms with van der Waals surface area (Å²) in [6.45, 7) is 0. The van der Waals surface area contributed by atoms with Crippen LogP contribution in [0.15, 0.2) is 170 Å². The van der Waals surface area contributed by atoms with Crippen molar-refractivity contribution in [1.29, 1.82) is 0 Å². The smallest absolute Gasteiger partial charge is 0.116 e. The molecular weight excluding hydrogens is 645 g/mol. The van der Waals surface area contributed by atoms with E-state index in [-0.39, 0.29) is 0 Å². The highest BCUT2D eigenvalue weighted by Crippen LogP contribution is 2.44. The van der Waals surface area contributed by atoms with E-state index in [2.05, 4.69) is 169 Å². The van der Waals surface area contributed by atoms with E-state index in [0.717, 1.165) is 21.5 Å². The van der Waals surface area contributed by atoms with Crippen LogP contribution in [0.2, 0.25) is 0 Å². The van der Waals surface area contributed by atoms with E-state index >= 15 is 0 Å². The summed E-state index contributed by atoms with van der Waals surface area (Å²) >= 11 is 3.66. The molecule has 0 unspecified atom stereocenters. The molecule has 3 heterocycles. The van der Waals surface area contributed by atoms with E-state index in [1.165, 1.54) is 74.8 Å². The maximum absolute atomic E-state index is 4.75. The third kappa shape index (κ3) is 4.84. The van der Waals surface area contributed by atoms with Crippen molar-refractivity contribution < 1.29 is 0 Å². The maximum Gasteiger partial charge on any atom is 0.116 e. The van der Waals surface area contributed by atoms with Gasteiger partial charge in [-0.1, -0.05) is 146 Å². The molecule has 0 radical (unpaired) electrons. The summed E-state index contributed by atoms with van der Waals surface area (Å²) in [6.07, 6.45) is 1.69. The van der Waals surface area contributed by atoms with Gasteiger partial charge in [-0.05, 0) is 62.7 Å². The Morgan fingerprint density at radius 2 is 0.880 bits per heavy atom. The van der Waals surface area contributed by atoms with E-state index in [9.17, 15) is 0 Å². The molecule has 0 saturated carbocycles. The zero-order chi connectivity index (χ0) is 33.0. The SMILES string of the molecule is c1ccc(-c2cccc(-c3cccc4c3sc3c(-c5ccc(-c6cccc(-c7ncnc8c7sc7ccccc78)c6)cc5)cccc34)c2)cc1. The number of thiophene rings is 2. The Hall–Kier alpha value is -5.94. The molecule has 0 amide bonds. The van der Waals surface area contributed by atoms with Crippen molar-refractivity contribution in [2.24, 2.45) is 0 Å². The first kappa shape index (κ1) is 29.0. The van der Waals surface area contributed by atoms with Crippen LogP contribution in [0.5, 0.6) is 0 Å². The van der Waals surface area contributed by atoms with Crippen molar-refractivity contribution in [3.05, 3.63) is 170 Å². The van der Waals surface area contributed by atoms with E-state index in [1.807, 2.05) is 11.3 Å². The third-order valence-corrected chi connectivity index (χ3v) is 12.1. The minimum absolute atomic E-state index is 0.984. The van der Waals surface area contributed by atoms with E-state index in [4.69, 9.17) is 4.98 Å². The lowest BCUT2D eigenvalue weighted by molar-refractivity contribution is 1.24. The molecule has 50 heavy (non-hydrogen) atoms. The van der Waals surface area contributed by atoms with E-state index in [1.54, 1.807) is 17.7 Å². The molecule has 0 fully saturated rings. The second kappa shape index (κ2) is 11.9. The zero-order valence-corrected chi connectivity index (χ0v) is 28.5. The molecule has 3 aromatic heterocycles. The first-order valence-electron chi connectivity index (χ1n) is 16.7. The van der Waals surface area contributed by atoms with Gasteiger partial charge < -0.3 is 0 Å². The molecule has 0 aliphatic rings. The van der Waals surface area contributed by atoms with Crippen molar-refractivity contribution in [1.82, 2.24) is 9.97 Å². The molecule has 0 spiro atoms. The summed E-state index contributed by atoms with van der Waals surface area (Å²) in [6, 6.07) is 59.2. The highest BCUT2D eigenvalue weighted by molar-refractivity contribution is 7.27. The number of benzene rings is 7. The van der Waals surface area contributed by atoms with Gasteiger partial charge in [0.05, 0.1) is 15.9 Å². The van der Waals surface area contributed by atoms with Gasteiger partial charge in [-0.15, -0.1) is 22.7 Å². The van der Waals surface area contributed by atoms with Crippen molar-refractivity contribution in [2.45, 2.75) is 0 Å². The standard InChI is InChI=1S/C46H28N2S2/c1-2-10-29(11-3-1)32-12-6-14-34(26-32)37-18-9-20-39-38-19-8-17-36(44(38)50-45(37)39)31-24-22-30(23-25-31)33-13-7-15-35(27-33)42-46-43(48-28-47-42)40-16-4-5-21-41(40)49-46/h1-28H. The van der Waals surface area contributed by atoms with Gasteiger partial charge >= 0.3 is 0 Å². The van der Waals surface area contributed by atoms with Gasteiger partial charge in [0.25, 0.3) is 0 Å². The van der Waals surface area contributed by atoms with Crippen LogP contribution in [-0.2, 0) is 0 Å². The zero-order valence-electron chi connectivity index (χ0n) is 26.9. The summed E-state index contributed by atoms with van der Waals surface area (Å²) in [5.41, 5.74) is 12.9. The highest BCUT2D eigenvalue weighted by atomic mass is 32.1. The predicted molar refractivity (Wildman–Crippen MR) is 215 cm³/mol. The van der Waals surface area contributed by atoms with E-state index in [0.29, 0.717) is 0 Å². The Balaban J connectivity index is 1.02. The average molecular weight is 673 g/mol. The van der Waals surface area contributed by atoms with Crippen molar-refractivity contribution >= 4 is 63.1 Å². The fourth-order valence-electron chi connectivity index (χ4n) is 7.19. The molecule has 234 valence electrons. The second-order valence-corrected chi connectivity index (χ2v) is 14.6. The van der Waals surface area contributed by atoms with Crippen LogP contribution < -0.4 is 0 Å². The summed E-state index contributed by atoms with van der Waals surface area (Å²) in [5.74, 6) is 0. The summed E-state index contributed by atoms with van der Waals surface area (Å²) in [5, 5.41) is 3.79. The molecular formula is C46H28N2S2. The molecule has 4 heteroatoms. The molecule has 0 bridgehead atoms. The summed E-state index contributed by atoms with van der Waals surface area (Å²) < 4.78 is 5.01. The lowest BCUT2D eigenvalue weighted by Crippen LogP contribution is -1.87. The monoisotopic (exact) mass is 672 g/mol. The number of nitrogens with zero attached hydrogens (tertiary/aromatic N) is 2. The molecule has 0 aliphatic heterocycles. The van der Waals surface area contributed by atoms with Crippen molar-refractivity contribution in [3.63, 3.8) is 0 Å². The highest BCUT2D eigenvalue weighted by Gasteiger charge is 2.16. The minimum atomic E-state index is 0.984. The molecule has 2 nitrogen and oxygen atoms in total. The quantitative estimate of drug-likeness (QED) is 0.182. The Bertz CT molecular complexity index is 2860. The number of aromatic nitrogens is 2. The van der Waals surface area contributed by atoms with Gasteiger partial charge in [0.1, 0.15) is 6.33 Å². The van der Waals surface area contributed by atoms with Gasteiger partial charge in [0, 0.05) is 35.8 Å². The number of rotatable bonds is 5. The Morgan fingerprint density at radius 1 is 0.340 bits per heavy atom. The summed E-state index contributed by atoms with van der Waals surface area (Å²) in [7, 11) is 0. The number of hydrogen-bond acceptors (Lipinski definition) is 4. The van der Waals surface area contributed by atoms with Gasteiger partial charge in [0.15, 0.2) is 0 Å². The Kier molecular flexibility index (Phi) is 6.90. The Morgan fingerprint density at radius 3 is 1.64 bits per heavy atom. The molecule has 0 saturated heterocycles. The van der Waals surface area contributed by atoms with Crippen LogP contribution >= 0.6 is 22.7 Å². The summed E-state index contributed by atoms with van der Waals surface area (Å²) in [4.78, 5) is 9.40. The first-order valence-corrected chi connectivity index (χ1v) is 18.4. The third-order valence-electron chi connectivity index (χ3n) is 9.63. The van der Waals surface area contributed by atoms with E-state index < -0.39 is 0 Å². The molecule has 0 atom stereocenters. The number of hydrogen-bond donors (Lipinski definition) is 0. The van der Waals surface area contributed by atoms with Gasteiger partial charge in [-0.25, -0.2) is 9.97 Å². The fourth-order valence-corrected chi connectivity index (χ4v) is 9.73. The van der Waals surface area contributed by atoms with Crippen molar-refractivity contribution in [3.8, 4) is 55.8 Å². The normalized spacial score (nSPS) is 11.6. The lowest BCUT2D eigenvalue weighted by atomic mass is 9.96. The van der Waals surface area contributed by atoms with Gasteiger partial charge in [0.2, 0.25) is 0 Å². The van der Waals surface area contributed by atoms with Gasteiger partial charge in [-0.2, -0.15) is 0 Å². The van der Waals surface area contributed by atoms with Crippen molar-refractivity contribution in [2.75, 3.05) is 0 Å². The average Bonchev–Trinajstić information content (AvgIpc) is 3.77. The molecule has 10 rings (SSSR count). The molecule has 0 N–H and O–H groups in total. The van der Waals surface area contributed by atoms with Crippen LogP contribution in [-0.4, -0.2) is 9.97 Å². The largest absolute Gasteiger partial charge is 0.235 e. The first-order chi connectivity index (χ1) is 24.8. The number of fused-ring (bicyclic) bond motifs is 6. The topological polar surface area (TPSA) is 25.8 Å². The molecule has 10 aromatic rings. The molecule has 0 aliphatic carbocycles.